The highest BCUT2D eigenvalue weighted by atomic mass is 16.5. The number of nitrogens with zero attached hydrogens (tertiary/aromatic N) is 3. The summed E-state index contributed by atoms with van der Waals surface area (Å²) in [5, 5.41) is 15.3. The highest BCUT2D eigenvalue weighted by Gasteiger charge is 2.27. The summed E-state index contributed by atoms with van der Waals surface area (Å²) in [6, 6.07) is 18.6. The molecule has 1 unspecified atom stereocenters. The minimum atomic E-state index is -0.802. The van der Waals surface area contributed by atoms with Crippen LogP contribution in [0.25, 0.3) is 11.3 Å². The van der Waals surface area contributed by atoms with Crippen LogP contribution in [0.3, 0.4) is 0 Å². The molecule has 1 aliphatic rings. The van der Waals surface area contributed by atoms with Gasteiger partial charge in [-0.25, -0.2) is 0 Å². The van der Waals surface area contributed by atoms with Crippen molar-refractivity contribution in [1.29, 1.82) is 0 Å². The number of fused-ring (bicyclic) bond motifs is 1. The van der Waals surface area contributed by atoms with Crippen molar-refractivity contribution in [3.05, 3.63) is 71.3 Å². The normalized spacial score (nSPS) is 13.9. The summed E-state index contributed by atoms with van der Waals surface area (Å²) in [7, 11) is 1.69. The first-order chi connectivity index (χ1) is 18.6. The van der Waals surface area contributed by atoms with E-state index in [2.05, 4.69) is 39.2 Å². The molecule has 2 aromatic carbocycles. The van der Waals surface area contributed by atoms with Crippen LogP contribution >= 0.6 is 0 Å². The van der Waals surface area contributed by atoms with E-state index in [1.54, 1.807) is 7.11 Å². The number of ether oxygens (including phenoxy) is 2. The van der Waals surface area contributed by atoms with Gasteiger partial charge >= 0.3 is 5.97 Å². The SMILES string of the molecule is CCCC(=O)OCC(O)CN(CCCOC)Cc1c(-c2ccccc2)noc1N1CCc2ccccc2C1. The van der Waals surface area contributed by atoms with Gasteiger partial charge in [-0.05, 0) is 30.4 Å². The Morgan fingerprint density at radius 1 is 1.16 bits per heavy atom. The molecule has 0 amide bonds. The maximum atomic E-state index is 11.8. The largest absolute Gasteiger partial charge is 0.463 e. The Morgan fingerprint density at radius 3 is 2.68 bits per heavy atom. The van der Waals surface area contributed by atoms with Crippen LogP contribution in [0.15, 0.2) is 59.1 Å². The topological polar surface area (TPSA) is 88.3 Å². The van der Waals surface area contributed by atoms with Crippen LogP contribution in [0.4, 0.5) is 5.88 Å². The average Bonchev–Trinajstić information content (AvgIpc) is 3.35. The van der Waals surface area contributed by atoms with E-state index in [1.165, 1.54) is 11.1 Å². The van der Waals surface area contributed by atoms with E-state index in [1.807, 2.05) is 37.3 Å². The van der Waals surface area contributed by atoms with Crippen LogP contribution in [-0.2, 0) is 33.8 Å². The lowest BCUT2D eigenvalue weighted by atomic mass is 9.99. The third-order valence-electron chi connectivity index (χ3n) is 6.80. The van der Waals surface area contributed by atoms with Crippen molar-refractivity contribution < 1.29 is 23.9 Å². The fourth-order valence-electron chi connectivity index (χ4n) is 4.89. The molecule has 8 heteroatoms. The fraction of sp³-hybridized carbons (Fsp3) is 0.467. The van der Waals surface area contributed by atoms with Crippen molar-refractivity contribution in [2.45, 2.75) is 51.8 Å². The summed E-state index contributed by atoms with van der Waals surface area (Å²) in [6.45, 7) is 5.70. The van der Waals surface area contributed by atoms with E-state index in [9.17, 15) is 9.90 Å². The number of aliphatic hydroxyl groups is 1. The number of hydrogen-bond donors (Lipinski definition) is 1. The highest BCUT2D eigenvalue weighted by Crippen LogP contribution is 2.35. The van der Waals surface area contributed by atoms with Crippen LogP contribution < -0.4 is 4.90 Å². The number of anilines is 1. The minimum absolute atomic E-state index is 0.0233. The first-order valence-electron chi connectivity index (χ1n) is 13.5. The van der Waals surface area contributed by atoms with Crippen molar-refractivity contribution in [3.63, 3.8) is 0 Å². The molecule has 0 spiro atoms. The van der Waals surface area contributed by atoms with Crippen molar-refractivity contribution in [2.75, 3.05) is 44.9 Å². The molecule has 8 nitrogen and oxygen atoms in total. The molecule has 0 fully saturated rings. The lowest BCUT2D eigenvalue weighted by molar-refractivity contribution is -0.147. The van der Waals surface area contributed by atoms with E-state index >= 15 is 0 Å². The quantitative estimate of drug-likeness (QED) is 0.246. The highest BCUT2D eigenvalue weighted by molar-refractivity contribution is 5.69. The van der Waals surface area contributed by atoms with Gasteiger partial charge in [0.05, 0.1) is 5.56 Å². The molecule has 3 aromatic rings. The Balaban J connectivity index is 1.58. The predicted octanol–water partition coefficient (Wildman–Crippen LogP) is 4.45. The van der Waals surface area contributed by atoms with Gasteiger partial charge in [0.15, 0.2) is 0 Å². The number of esters is 1. The van der Waals surface area contributed by atoms with Crippen molar-refractivity contribution in [1.82, 2.24) is 10.1 Å². The second kappa shape index (κ2) is 14.1. The van der Waals surface area contributed by atoms with Gasteiger partial charge in [-0.3, -0.25) is 9.69 Å². The molecule has 0 saturated heterocycles. The van der Waals surface area contributed by atoms with Gasteiger partial charge in [0, 0.05) is 58.4 Å². The Kier molecular flexibility index (Phi) is 10.3. The van der Waals surface area contributed by atoms with Crippen LogP contribution in [-0.4, -0.2) is 67.2 Å². The lowest BCUT2D eigenvalue weighted by Crippen LogP contribution is -2.37. The molecule has 0 bridgehead atoms. The van der Waals surface area contributed by atoms with Gasteiger partial charge < -0.3 is 24.0 Å². The first kappa shape index (κ1) is 27.8. The standard InChI is InChI=1S/C30H39N3O5/c1-3-10-28(35)37-22-26(34)20-32(16-9-18-36-2)21-27-29(24-12-5-4-6-13-24)31-38-30(27)33-17-15-23-11-7-8-14-25(23)19-33/h4-8,11-14,26,34H,3,9-10,15-22H2,1-2H3. The molecular weight excluding hydrogens is 482 g/mol. The Bertz CT molecular complexity index is 1150. The van der Waals surface area contributed by atoms with Crippen LogP contribution in [0.5, 0.6) is 0 Å². The molecule has 38 heavy (non-hydrogen) atoms. The molecule has 1 N–H and O–H groups in total. The molecule has 1 aromatic heterocycles. The van der Waals surface area contributed by atoms with Gasteiger partial charge in [-0.15, -0.1) is 0 Å². The maximum Gasteiger partial charge on any atom is 0.305 e. The summed E-state index contributed by atoms with van der Waals surface area (Å²) < 4.78 is 16.6. The molecule has 2 heterocycles. The van der Waals surface area contributed by atoms with Gasteiger partial charge in [-0.2, -0.15) is 0 Å². The van der Waals surface area contributed by atoms with E-state index < -0.39 is 6.10 Å². The van der Waals surface area contributed by atoms with E-state index in [0.717, 1.165) is 55.1 Å². The molecule has 1 aliphatic heterocycles. The van der Waals surface area contributed by atoms with Gasteiger partial charge in [0.2, 0.25) is 5.88 Å². The Morgan fingerprint density at radius 2 is 1.92 bits per heavy atom. The van der Waals surface area contributed by atoms with Crippen LogP contribution in [0, 0.1) is 0 Å². The molecule has 0 aliphatic carbocycles. The second-order valence-electron chi connectivity index (χ2n) is 9.79. The zero-order valence-electron chi connectivity index (χ0n) is 22.5. The van der Waals surface area contributed by atoms with Crippen LogP contribution in [0.1, 0.15) is 42.9 Å². The summed E-state index contributed by atoms with van der Waals surface area (Å²) in [5.41, 5.74) is 5.45. The zero-order valence-corrected chi connectivity index (χ0v) is 22.5. The van der Waals surface area contributed by atoms with Gasteiger partial charge in [0.25, 0.3) is 0 Å². The number of methoxy groups -OCH3 is 1. The molecule has 0 saturated carbocycles. The number of carbonyl (C=O) groups excluding carboxylic acids is 1. The minimum Gasteiger partial charge on any atom is -0.463 e. The monoisotopic (exact) mass is 521 g/mol. The first-order valence-corrected chi connectivity index (χ1v) is 13.5. The lowest BCUT2D eigenvalue weighted by Gasteiger charge is -2.30. The third-order valence-corrected chi connectivity index (χ3v) is 6.80. The fourth-order valence-corrected chi connectivity index (χ4v) is 4.89. The number of hydrogen-bond acceptors (Lipinski definition) is 8. The van der Waals surface area contributed by atoms with E-state index in [-0.39, 0.29) is 12.6 Å². The molecular formula is C30H39N3O5. The Labute approximate surface area is 225 Å². The smallest absolute Gasteiger partial charge is 0.305 e. The number of carbonyl (C=O) groups is 1. The maximum absolute atomic E-state index is 11.8. The molecule has 204 valence electrons. The van der Waals surface area contributed by atoms with Crippen LogP contribution in [0.2, 0.25) is 0 Å². The van der Waals surface area contributed by atoms with E-state index in [0.29, 0.717) is 32.7 Å². The number of benzene rings is 2. The predicted molar refractivity (Wildman–Crippen MR) is 147 cm³/mol. The molecule has 0 radical (unpaired) electrons. The number of aromatic nitrogens is 1. The van der Waals surface area contributed by atoms with Gasteiger partial charge in [-0.1, -0.05) is 66.7 Å². The van der Waals surface area contributed by atoms with Crippen molar-refractivity contribution in [3.8, 4) is 11.3 Å². The molecule has 1 atom stereocenters. The van der Waals surface area contributed by atoms with E-state index in [4.69, 9.17) is 14.0 Å². The van der Waals surface area contributed by atoms with Gasteiger partial charge in [0.1, 0.15) is 18.4 Å². The number of aliphatic hydroxyl groups excluding tert-OH is 1. The summed E-state index contributed by atoms with van der Waals surface area (Å²) in [5.74, 6) is 0.481. The van der Waals surface area contributed by atoms with Crippen molar-refractivity contribution in [2.24, 2.45) is 0 Å². The average molecular weight is 522 g/mol. The zero-order chi connectivity index (χ0) is 26.7. The van der Waals surface area contributed by atoms with Crippen molar-refractivity contribution >= 4 is 11.9 Å². The summed E-state index contributed by atoms with van der Waals surface area (Å²) in [6.07, 6.45) is 2.02. The summed E-state index contributed by atoms with van der Waals surface area (Å²) >= 11 is 0. The molecule has 4 rings (SSSR count). The second-order valence-corrected chi connectivity index (χ2v) is 9.79. The third kappa shape index (κ3) is 7.43. The summed E-state index contributed by atoms with van der Waals surface area (Å²) in [4.78, 5) is 16.2. The Hall–Kier alpha value is -3.20. The number of rotatable bonds is 14.